The van der Waals surface area contributed by atoms with Gasteiger partial charge in [0, 0.05) is 41.9 Å². The van der Waals surface area contributed by atoms with Crippen LogP contribution in [0.3, 0.4) is 0 Å². The van der Waals surface area contributed by atoms with Crippen molar-refractivity contribution in [1.29, 1.82) is 0 Å². The summed E-state index contributed by atoms with van der Waals surface area (Å²) in [5.74, 6) is 0. The fraction of sp³-hybridized carbons (Fsp3) is 0.500. The molecule has 1 aliphatic heterocycles. The van der Waals surface area contributed by atoms with Crippen molar-refractivity contribution < 1.29 is 13.2 Å². The van der Waals surface area contributed by atoms with E-state index >= 15 is 0 Å². The topological polar surface area (TPSA) is 18.5 Å². The number of fused-ring (bicyclic) bond motifs is 1. The number of hydrogen-bond acceptors (Lipinski definition) is 5. The zero-order valence-corrected chi connectivity index (χ0v) is 20.0. The molecule has 174 valence electrons. The normalized spacial score (nSPS) is 17.1. The molecule has 0 radical (unpaired) electrons. The van der Waals surface area contributed by atoms with Gasteiger partial charge in [0.15, 0.2) is 0 Å². The van der Waals surface area contributed by atoms with Crippen LogP contribution in [0.2, 0.25) is 0 Å². The summed E-state index contributed by atoms with van der Waals surface area (Å²) in [5, 5.41) is 0. The highest BCUT2D eigenvalue weighted by Gasteiger charge is 2.29. The second kappa shape index (κ2) is 10.6. The quantitative estimate of drug-likeness (QED) is 0.393. The lowest BCUT2D eigenvalue weighted by Gasteiger charge is -2.32. The fourth-order valence-corrected chi connectivity index (χ4v) is 6.07. The van der Waals surface area contributed by atoms with Crippen LogP contribution in [0.15, 0.2) is 47.4 Å². The Bertz CT molecular complexity index is 883. The number of anilines is 2. The molecular formula is C24H30F3N3S2. The summed E-state index contributed by atoms with van der Waals surface area (Å²) in [5.41, 5.74) is 0.322. The Morgan fingerprint density at radius 3 is 2.50 bits per heavy atom. The first-order valence-electron chi connectivity index (χ1n) is 11.3. The molecule has 2 aromatic rings. The molecule has 0 bridgehead atoms. The van der Waals surface area contributed by atoms with Crippen LogP contribution in [0.4, 0.5) is 24.5 Å². The monoisotopic (exact) mass is 481 g/mol. The molecule has 0 aromatic heterocycles. The van der Waals surface area contributed by atoms with Gasteiger partial charge in [0.25, 0.3) is 0 Å². The Labute approximate surface area is 197 Å². The number of alkyl halides is 3. The molecule has 2 aromatic carbocycles. The molecule has 1 N–H and O–H groups in total. The SMILES string of the molecule is CCN1CCCc2cc(CN(Sc3ccc(NSC(F)(F)F)cc3)C3CCCC3)ccc21. The molecule has 2 aliphatic rings. The van der Waals surface area contributed by atoms with Gasteiger partial charge in [-0.1, -0.05) is 25.0 Å². The third kappa shape index (κ3) is 6.29. The van der Waals surface area contributed by atoms with Crippen molar-refractivity contribution in [2.75, 3.05) is 22.7 Å². The van der Waals surface area contributed by atoms with Crippen LogP contribution in [0.25, 0.3) is 0 Å². The average molecular weight is 482 g/mol. The van der Waals surface area contributed by atoms with Crippen LogP contribution in [-0.2, 0) is 13.0 Å². The molecule has 4 rings (SSSR count). The van der Waals surface area contributed by atoms with E-state index in [0.717, 1.165) is 31.0 Å². The van der Waals surface area contributed by atoms with Crippen LogP contribution in [0, 0.1) is 0 Å². The van der Waals surface area contributed by atoms with Crippen molar-refractivity contribution >= 4 is 35.3 Å². The minimum Gasteiger partial charge on any atom is -0.372 e. The van der Waals surface area contributed by atoms with Crippen molar-refractivity contribution in [3.63, 3.8) is 0 Å². The molecule has 1 heterocycles. The van der Waals surface area contributed by atoms with E-state index in [1.54, 1.807) is 24.1 Å². The van der Waals surface area contributed by atoms with Gasteiger partial charge in [0.1, 0.15) is 0 Å². The number of hydrogen-bond donors (Lipinski definition) is 1. The lowest BCUT2D eigenvalue weighted by molar-refractivity contribution is -0.0323. The van der Waals surface area contributed by atoms with Crippen LogP contribution >= 0.6 is 23.9 Å². The van der Waals surface area contributed by atoms with Gasteiger partial charge in [-0.3, -0.25) is 0 Å². The van der Waals surface area contributed by atoms with Crippen molar-refractivity contribution in [2.45, 2.75) is 68.4 Å². The first-order valence-corrected chi connectivity index (χ1v) is 12.9. The van der Waals surface area contributed by atoms with E-state index in [0.29, 0.717) is 11.7 Å². The molecule has 0 amide bonds. The summed E-state index contributed by atoms with van der Waals surface area (Å²) in [6.45, 7) is 5.27. The van der Waals surface area contributed by atoms with Gasteiger partial charge < -0.3 is 9.62 Å². The van der Waals surface area contributed by atoms with Crippen molar-refractivity contribution in [2.24, 2.45) is 0 Å². The third-order valence-electron chi connectivity index (χ3n) is 6.17. The second-order valence-electron chi connectivity index (χ2n) is 8.43. The van der Waals surface area contributed by atoms with E-state index in [1.807, 2.05) is 12.1 Å². The summed E-state index contributed by atoms with van der Waals surface area (Å²) in [6.07, 6.45) is 7.26. The smallest absolute Gasteiger partial charge is 0.372 e. The molecule has 0 spiro atoms. The van der Waals surface area contributed by atoms with Gasteiger partial charge in [-0.05, 0) is 86.0 Å². The number of nitrogens with one attached hydrogen (secondary N) is 1. The van der Waals surface area contributed by atoms with Crippen LogP contribution in [-0.4, -0.2) is 28.9 Å². The van der Waals surface area contributed by atoms with E-state index < -0.39 is 5.51 Å². The summed E-state index contributed by atoms with van der Waals surface area (Å²) >= 11 is 1.49. The number of aryl methyl sites for hydroxylation is 1. The maximum Gasteiger partial charge on any atom is 0.461 e. The summed E-state index contributed by atoms with van der Waals surface area (Å²) in [6, 6.07) is 14.7. The largest absolute Gasteiger partial charge is 0.461 e. The number of rotatable bonds is 8. The molecule has 8 heteroatoms. The Balaban J connectivity index is 1.45. The van der Waals surface area contributed by atoms with Gasteiger partial charge in [-0.2, -0.15) is 13.2 Å². The van der Waals surface area contributed by atoms with Gasteiger partial charge in [-0.25, -0.2) is 4.31 Å². The van der Waals surface area contributed by atoms with Crippen LogP contribution in [0.5, 0.6) is 0 Å². The lowest BCUT2D eigenvalue weighted by atomic mass is 9.99. The molecule has 1 aliphatic carbocycles. The summed E-state index contributed by atoms with van der Waals surface area (Å²) in [4.78, 5) is 3.51. The molecular weight excluding hydrogens is 451 g/mol. The minimum atomic E-state index is -4.30. The Kier molecular flexibility index (Phi) is 7.84. The van der Waals surface area contributed by atoms with Gasteiger partial charge in [-0.15, -0.1) is 0 Å². The highest BCUT2D eigenvalue weighted by Crippen LogP contribution is 2.36. The van der Waals surface area contributed by atoms with Crippen LogP contribution < -0.4 is 9.62 Å². The zero-order valence-electron chi connectivity index (χ0n) is 18.3. The summed E-state index contributed by atoms with van der Waals surface area (Å²) < 4.78 is 42.1. The Morgan fingerprint density at radius 1 is 1.06 bits per heavy atom. The molecule has 0 unspecified atom stereocenters. The molecule has 0 saturated heterocycles. The predicted molar refractivity (Wildman–Crippen MR) is 130 cm³/mol. The van der Waals surface area contributed by atoms with Crippen molar-refractivity contribution in [3.8, 4) is 0 Å². The minimum absolute atomic E-state index is 0.229. The van der Waals surface area contributed by atoms with Gasteiger partial charge in [0.05, 0.1) is 11.9 Å². The van der Waals surface area contributed by atoms with E-state index in [4.69, 9.17) is 0 Å². The average Bonchev–Trinajstić information content (AvgIpc) is 3.32. The van der Waals surface area contributed by atoms with Crippen molar-refractivity contribution in [1.82, 2.24) is 4.31 Å². The fourth-order valence-electron chi connectivity index (χ4n) is 4.60. The van der Waals surface area contributed by atoms with Gasteiger partial charge >= 0.3 is 5.51 Å². The van der Waals surface area contributed by atoms with E-state index in [2.05, 4.69) is 39.1 Å². The molecule has 0 atom stereocenters. The standard InChI is InChI=1S/C24H30F3N3S2/c1-2-29-15-5-6-19-16-18(9-14-23(19)29)17-30(21-7-3-4-8-21)31-22-12-10-20(11-13-22)28-32-24(25,26)27/h9-14,16,21,28H,2-8,15,17H2,1H3. The van der Waals surface area contributed by atoms with Gasteiger partial charge in [0.2, 0.25) is 0 Å². The predicted octanol–water partition coefficient (Wildman–Crippen LogP) is 7.49. The Morgan fingerprint density at radius 2 is 1.81 bits per heavy atom. The Hall–Kier alpha value is -1.51. The van der Waals surface area contributed by atoms with E-state index in [9.17, 15) is 13.2 Å². The van der Waals surface area contributed by atoms with Crippen molar-refractivity contribution in [3.05, 3.63) is 53.6 Å². The van der Waals surface area contributed by atoms with E-state index in [1.165, 1.54) is 48.9 Å². The maximum atomic E-state index is 12.4. The summed E-state index contributed by atoms with van der Waals surface area (Å²) in [7, 11) is 0. The van der Waals surface area contributed by atoms with E-state index in [-0.39, 0.29) is 11.9 Å². The molecule has 1 fully saturated rings. The molecule has 32 heavy (non-hydrogen) atoms. The first kappa shape index (κ1) is 23.6. The molecule has 1 saturated carbocycles. The first-order chi connectivity index (χ1) is 15.4. The zero-order chi connectivity index (χ0) is 22.6. The second-order valence-corrected chi connectivity index (χ2v) is 10.4. The highest BCUT2D eigenvalue weighted by molar-refractivity contribution is 8.01. The number of nitrogens with zero attached hydrogens (tertiary/aromatic N) is 2. The third-order valence-corrected chi connectivity index (χ3v) is 7.89. The number of benzene rings is 2. The molecule has 3 nitrogen and oxygen atoms in total. The lowest BCUT2D eigenvalue weighted by Crippen LogP contribution is -2.29. The highest BCUT2D eigenvalue weighted by atomic mass is 32.2. The van der Waals surface area contributed by atoms with Crippen LogP contribution in [0.1, 0.15) is 50.2 Å². The maximum absolute atomic E-state index is 12.4. The number of halogens is 3.